The van der Waals surface area contributed by atoms with Gasteiger partial charge in [0.25, 0.3) is 5.56 Å². The molecule has 0 radical (unpaired) electrons. The summed E-state index contributed by atoms with van der Waals surface area (Å²) in [4.78, 5) is 28.7. The Morgan fingerprint density at radius 2 is 2.04 bits per heavy atom. The molecule has 124 valence electrons. The van der Waals surface area contributed by atoms with E-state index in [1.54, 1.807) is 11.7 Å². The summed E-state index contributed by atoms with van der Waals surface area (Å²) in [5, 5.41) is 7.42. The van der Waals surface area contributed by atoms with E-state index >= 15 is 0 Å². The van der Waals surface area contributed by atoms with Crippen LogP contribution in [-0.4, -0.2) is 25.2 Å². The van der Waals surface area contributed by atoms with Crippen LogP contribution < -0.4 is 10.9 Å². The van der Waals surface area contributed by atoms with Crippen molar-refractivity contribution in [2.75, 3.05) is 0 Å². The molecule has 1 N–H and O–H groups in total. The first-order valence-corrected chi connectivity index (χ1v) is 7.77. The largest absolute Gasteiger partial charge is 0.350 e. The molecule has 0 saturated heterocycles. The quantitative estimate of drug-likeness (QED) is 0.769. The van der Waals surface area contributed by atoms with Crippen LogP contribution in [0.4, 0.5) is 0 Å². The molecule has 0 aliphatic rings. The molecule has 3 rings (SSSR count). The number of amides is 1. The SMILES string of the molecule is C[C@H](NC(=O)CCn1cnc2c(cnn2C)c1=O)c1ccccc1. The van der Waals surface area contributed by atoms with Gasteiger partial charge in [-0.25, -0.2) is 4.98 Å². The van der Waals surface area contributed by atoms with Crippen molar-refractivity contribution in [2.24, 2.45) is 7.05 Å². The standard InChI is InChI=1S/C17H19N5O2/c1-12(13-6-4-3-5-7-13)20-15(23)8-9-22-11-18-16-14(17(22)24)10-19-21(16)2/h3-7,10-12H,8-9H2,1-2H3,(H,20,23)/t12-/m0/s1. The van der Waals surface area contributed by atoms with Crippen molar-refractivity contribution in [2.45, 2.75) is 25.9 Å². The third-order valence-electron chi connectivity index (χ3n) is 3.97. The predicted molar refractivity (Wildman–Crippen MR) is 90.4 cm³/mol. The smallest absolute Gasteiger partial charge is 0.264 e. The molecule has 1 atom stereocenters. The molecule has 0 fully saturated rings. The fraction of sp³-hybridized carbons (Fsp3) is 0.294. The molecule has 0 spiro atoms. The third-order valence-corrected chi connectivity index (χ3v) is 3.97. The summed E-state index contributed by atoms with van der Waals surface area (Å²) < 4.78 is 2.99. The lowest BCUT2D eigenvalue weighted by atomic mass is 10.1. The normalized spacial score (nSPS) is 12.2. The molecule has 0 bridgehead atoms. The minimum absolute atomic E-state index is 0.0747. The summed E-state index contributed by atoms with van der Waals surface area (Å²) in [6.07, 6.45) is 3.17. The highest BCUT2D eigenvalue weighted by Gasteiger charge is 2.11. The molecule has 2 aromatic heterocycles. The number of hydrogen-bond donors (Lipinski definition) is 1. The van der Waals surface area contributed by atoms with Crippen molar-refractivity contribution >= 4 is 16.9 Å². The fourth-order valence-corrected chi connectivity index (χ4v) is 2.59. The molecule has 0 unspecified atom stereocenters. The van der Waals surface area contributed by atoms with E-state index in [-0.39, 0.29) is 30.5 Å². The topological polar surface area (TPSA) is 81.8 Å². The second-order valence-electron chi connectivity index (χ2n) is 5.70. The fourth-order valence-electron chi connectivity index (χ4n) is 2.59. The Kier molecular flexibility index (Phi) is 4.41. The molecule has 1 amide bonds. The van der Waals surface area contributed by atoms with Crippen LogP contribution in [0.25, 0.3) is 11.0 Å². The number of carbonyl (C=O) groups is 1. The van der Waals surface area contributed by atoms with Crippen molar-refractivity contribution in [3.05, 3.63) is 58.8 Å². The summed E-state index contributed by atoms with van der Waals surface area (Å²) in [6.45, 7) is 2.21. The maximum atomic E-state index is 12.3. The van der Waals surface area contributed by atoms with Crippen LogP contribution in [0, 0.1) is 0 Å². The number of aromatic nitrogens is 4. The summed E-state index contributed by atoms with van der Waals surface area (Å²) in [5.74, 6) is -0.107. The molecule has 0 aliphatic carbocycles. The average molecular weight is 325 g/mol. The van der Waals surface area contributed by atoms with E-state index in [2.05, 4.69) is 15.4 Å². The van der Waals surface area contributed by atoms with Crippen molar-refractivity contribution in [3.63, 3.8) is 0 Å². The molecule has 7 nitrogen and oxygen atoms in total. The van der Waals surface area contributed by atoms with Crippen LogP contribution in [0.15, 0.2) is 47.7 Å². The zero-order valence-corrected chi connectivity index (χ0v) is 13.6. The van der Waals surface area contributed by atoms with E-state index in [1.807, 2.05) is 37.3 Å². The van der Waals surface area contributed by atoms with Crippen LogP contribution in [-0.2, 0) is 18.4 Å². The predicted octanol–water partition coefficient (Wildman–Crippen LogP) is 1.40. The van der Waals surface area contributed by atoms with Crippen molar-refractivity contribution in [1.82, 2.24) is 24.6 Å². The van der Waals surface area contributed by atoms with Gasteiger partial charge in [-0.1, -0.05) is 30.3 Å². The van der Waals surface area contributed by atoms with Crippen LogP contribution in [0.2, 0.25) is 0 Å². The van der Waals surface area contributed by atoms with Gasteiger partial charge in [-0.05, 0) is 12.5 Å². The van der Waals surface area contributed by atoms with Crippen LogP contribution in [0.5, 0.6) is 0 Å². The van der Waals surface area contributed by atoms with Gasteiger partial charge in [0.2, 0.25) is 5.91 Å². The summed E-state index contributed by atoms with van der Waals surface area (Å²) in [5.41, 5.74) is 1.40. The number of nitrogens with zero attached hydrogens (tertiary/aromatic N) is 4. The Morgan fingerprint density at radius 3 is 2.79 bits per heavy atom. The van der Waals surface area contributed by atoms with E-state index in [0.717, 1.165) is 5.56 Å². The molecule has 1 aromatic carbocycles. The lowest BCUT2D eigenvalue weighted by Crippen LogP contribution is -2.29. The Balaban J connectivity index is 1.64. The van der Waals surface area contributed by atoms with E-state index in [0.29, 0.717) is 11.0 Å². The van der Waals surface area contributed by atoms with E-state index in [1.165, 1.54) is 17.1 Å². The zero-order valence-electron chi connectivity index (χ0n) is 13.6. The number of hydrogen-bond acceptors (Lipinski definition) is 4. The lowest BCUT2D eigenvalue weighted by molar-refractivity contribution is -0.121. The number of carbonyl (C=O) groups excluding carboxylic acids is 1. The highest BCUT2D eigenvalue weighted by Crippen LogP contribution is 2.11. The van der Waals surface area contributed by atoms with E-state index < -0.39 is 0 Å². The van der Waals surface area contributed by atoms with Gasteiger partial charge in [0.1, 0.15) is 5.39 Å². The van der Waals surface area contributed by atoms with Gasteiger partial charge in [0.15, 0.2) is 5.65 Å². The molecule has 0 aliphatic heterocycles. The molecule has 2 heterocycles. The molecule has 7 heteroatoms. The monoisotopic (exact) mass is 325 g/mol. The third kappa shape index (κ3) is 3.19. The minimum atomic E-state index is -0.183. The van der Waals surface area contributed by atoms with Gasteiger partial charge in [-0.3, -0.25) is 18.8 Å². The second kappa shape index (κ2) is 6.66. The second-order valence-corrected chi connectivity index (χ2v) is 5.70. The summed E-state index contributed by atoms with van der Waals surface area (Å²) in [7, 11) is 1.73. The molecule has 0 saturated carbocycles. The Hall–Kier alpha value is -2.96. The first kappa shape index (κ1) is 15.9. The number of nitrogens with one attached hydrogen (secondary N) is 1. The van der Waals surface area contributed by atoms with Crippen LogP contribution in [0.3, 0.4) is 0 Å². The van der Waals surface area contributed by atoms with Crippen LogP contribution >= 0.6 is 0 Å². The van der Waals surface area contributed by atoms with Gasteiger partial charge in [0.05, 0.1) is 18.6 Å². The van der Waals surface area contributed by atoms with Crippen LogP contribution in [0.1, 0.15) is 24.9 Å². The highest BCUT2D eigenvalue weighted by atomic mass is 16.2. The first-order chi connectivity index (χ1) is 11.6. The van der Waals surface area contributed by atoms with Crippen molar-refractivity contribution < 1.29 is 4.79 Å². The van der Waals surface area contributed by atoms with Gasteiger partial charge < -0.3 is 5.32 Å². The molecule has 3 aromatic rings. The van der Waals surface area contributed by atoms with Crippen molar-refractivity contribution in [1.29, 1.82) is 0 Å². The number of benzene rings is 1. The summed E-state index contributed by atoms with van der Waals surface area (Å²) in [6, 6.07) is 9.67. The zero-order chi connectivity index (χ0) is 17.1. The summed E-state index contributed by atoms with van der Waals surface area (Å²) >= 11 is 0. The van der Waals surface area contributed by atoms with Gasteiger partial charge in [-0.2, -0.15) is 5.10 Å². The Labute approximate surface area is 138 Å². The van der Waals surface area contributed by atoms with E-state index in [9.17, 15) is 9.59 Å². The van der Waals surface area contributed by atoms with Gasteiger partial charge in [0, 0.05) is 20.0 Å². The molecular formula is C17H19N5O2. The van der Waals surface area contributed by atoms with Crippen molar-refractivity contribution in [3.8, 4) is 0 Å². The highest BCUT2D eigenvalue weighted by molar-refractivity contribution is 5.76. The minimum Gasteiger partial charge on any atom is -0.350 e. The number of rotatable bonds is 5. The average Bonchev–Trinajstić information content (AvgIpc) is 2.97. The molecular weight excluding hydrogens is 306 g/mol. The lowest BCUT2D eigenvalue weighted by Gasteiger charge is -2.14. The Morgan fingerprint density at radius 1 is 1.29 bits per heavy atom. The first-order valence-electron chi connectivity index (χ1n) is 7.77. The van der Waals surface area contributed by atoms with E-state index in [4.69, 9.17) is 0 Å². The van der Waals surface area contributed by atoms with Gasteiger partial charge >= 0.3 is 0 Å². The maximum Gasteiger partial charge on any atom is 0.264 e. The number of fused-ring (bicyclic) bond motifs is 1. The number of aryl methyl sites for hydroxylation is 2. The molecule has 24 heavy (non-hydrogen) atoms. The Bertz CT molecular complexity index is 914. The maximum absolute atomic E-state index is 12.3. The van der Waals surface area contributed by atoms with Gasteiger partial charge in [-0.15, -0.1) is 0 Å².